The number of imidazole rings is 1. The standard InChI is InChI=1S/C13H13Cl2N5O/c1-19-5-4-16-11(19)7-20(8-2-3-8)13(21)9-6-10(14)17-18-12(9)15/h4-6,8H,2-3,7H2,1H3. The zero-order valence-corrected chi connectivity index (χ0v) is 12.8. The molecule has 1 amide bonds. The minimum Gasteiger partial charge on any atom is -0.337 e. The molecule has 0 spiro atoms. The first-order valence-corrected chi connectivity index (χ1v) is 7.27. The molecule has 6 nitrogen and oxygen atoms in total. The first kappa shape index (κ1) is 14.3. The molecule has 0 N–H and O–H groups in total. The van der Waals surface area contributed by atoms with Crippen molar-refractivity contribution in [3.8, 4) is 0 Å². The van der Waals surface area contributed by atoms with Crippen LogP contribution in [0.4, 0.5) is 0 Å². The summed E-state index contributed by atoms with van der Waals surface area (Å²) in [6, 6.07) is 1.67. The fourth-order valence-corrected chi connectivity index (χ4v) is 2.43. The Labute approximate surface area is 131 Å². The maximum atomic E-state index is 12.7. The van der Waals surface area contributed by atoms with Gasteiger partial charge < -0.3 is 9.47 Å². The predicted octanol–water partition coefficient (Wildman–Crippen LogP) is 2.32. The zero-order valence-electron chi connectivity index (χ0n) is 11.3. The second kappa shape index (κ2) is 5.61. The summed E-state index contributed by atoms with van der Waals surface area (Å²) in [5.41, 5.74) is 0.276. The number of aromatic nitrogens is 4. The van der Waals surface area contributed by atoms with Gasteiger partial charge in [-0.05, 0) is 18.9 Å². The average molecular weight is 326 g/mol. The first-order valence-electron chi connectivity index (χ1n) is 6.52. The smallest absolute Gasteiger partial charge is 0.257 e. The summed E-state index contributed by atoms with van der Waals surface area (Å²) in [5, 5.41) is 7.53. The molecule has 0 aromatic carbocycles. The lowest BCUT2D eigenvalue weighted by Crippen LogP contribution is -2.34. The van der Waals surface area contributed by atoms with Crippen molar-refractivity contribution >= 4 is 29.1 Å². The molecule has 1 aliphatic carbocycles. The summed E-state index contributed by atoms with van der Waals surface area (Å²) in [5.74, 6) is 0.627. The Morgan fingerprint density at radius 1 is 1.43 bits per heavy atom. The number of carbonyl (C=O) groups is 1. The third-order valence-electron chi connectivity index (χ3n) is 3.43. The molecule has 2 heterocycles. The molecule has 0 aliphatic heterocycles. The van der Waals surface area contributed by atoms with Gasteiger partial charge in [0.05, 0.1) is 12.1 Å². The molecular weight excluding hydrogens is 313 g/mol. The van der Waals surface area contributed by atoms with E-state index in [1.165, 1.54) is 6.07 Å². The maximum Gasteiger partial charge on any atom is 0.257 e. The quantitative estimate of drug-likeness (QED) is 0.865. The lowest BCUT2D eigenvalue weighted by atomic mass is 10.2. The normalized spacial score (nSPS) is 14.2. The number of halogens is 2. The molecule has 0 bridgehead atoms. The Morgan fingerprint density at radius 3 is 2.81 bits per heavy atom. The van der Waals surface area contributed by atoms with Crippen LogP contribution in [0.1, 0.15) is 29.0 Å². The molecule has 0 unspecified atom stereocenters. The van der Waals surface area contributed by atoms with E-state index in [2.05, 4.69) is 15.2 Å². The van der Waals surface area contributed by atoms with E-state index in [-0.39, 0.29) is 27.8 Å². The third-order valence-corrected chi connectivity index (χ3v) is 3.89. The van der Waals surface area contributed by atoms with Crippen LogP contribution >= 0.6 is 23.2 Å². The van der Waals surface area contributed by atoms with Crippen LogP contribution in [0.5, 0.6) is 0 Å². The van der Waals surface area contributed by atoms with Crippen LogP contribution in [0.15, 0.2) is 18.5 Å². The van der Waals surface area contributed by atoms with Gasteiger partial charge in [0.2, 0.25) is 0 Å². The zero-order chi connectivity index (χ0) is 15.0. The van der Waals surface area contributed by atoms with Gasteiger partial charge in [-0.25, -0.2) is 4.98 Å². The molecule has 2 aromatic heterocycles. The van der Waals surface area contributed by atoms with Gasteiger partial charge in [0.1, 0.15) is 5.82 Å². The van der Waals surface area contributed by atoms with E-state index in [1.807, 2.05) is 17.8 Å². The molecule has 2 aromatic rings. The fraction of sp³-hybridized carbons (Fsp3) is 0.385. The van der Waals surface area contributed by atoms with Gasteiger partial charge in [-0.1, -0.05) is 23.2 Å². The molecule has 8 heteroatoms. The van der Waals surface area contributed by atoms with E-state index in [0.29, 0.717) is 6.54 Å². The van der Waals surface area contributed by atoms with Gasteiger partial charge in [-0.3, -0.25) is 4.79 Å². The Balaban J connectivity index is 1.88. The number of amides is 1. The summed E-state index contributed by atoms with van der Waals surface area (Å²) < 4.78 is 1.89. The van der Waals surface area contributed by atoms with Crippen molar-refractivity contribution in [1.82, 2.24) is 24.6 Å². The molecular formula is C13H13Cl2N5O. The van der Waals surface area contributed by atoms with E-state index in [0.717, 1.165) is 18.7 Å². The Morgan fingerprint density at radius 2 is 2.19 bits per heavy atom. The highest BCUT2D eigenvalue weighted by molar-refractivity contribution is 6.34. The van der Waals surface area contributed by atoms with Crippen molar-refractivity contribution in [3.63, 3.8) is 0 Å². The second-order valence-electron chi connectivity index (χ2n) is 4.99. The van der Waals surface area contributed by atoms with E-state index in [4.69, 9.17) is 23.2 Å². The van der Waals surface area contributed by atoms with Gasteiger partial charge >= 0.3 is 0 Å². The fourth-order valence-electron chi connectivity index (χ4n) is 2.11. The average Bonchev–Trinajstić information content (AvgIpc) is 3.22. The molecule has 3 rings (SSSR count). The van der Waals surface area contributed by atoms with Gasteiger partial charge in [-0.15, -0.1) is 10.2 Å². The van der Waals surface area contributed by atoms with Crippen molar-refractivity contribution < 1.29 is 4.79 Å². The Kier molecular flexibility index (Phi) is 3.82. The molecule has 0 radical (unpaired) electrons. The molecule has 1 saturated carbocycles. The molecule has 110 valence electrons. The Hall–Kier alpha value is -1.66. The molecule has 21 heavy (non-hydrogen) atoms. The van der Waals surface area contributed by atoms with E-state index >= 15 is 0 Å². The number of hydrogen-bond donors (Lipinski definition) is 0. The van der Waals surface area contributed by atoms with Crippen molar-refractivity contribution in [2.75, 3.05) is 0 Å². The van der Waals surface area contributed by atoms with E-state index in [1.54, 1.807) is 11.1 Å². The maximum absolute atomic E-state index is 12.7. The highest BCUT2D eigenvalue weighted by Crippen LogP contribution is 2.30. The third kappa shape index (κ3) is 3.01. The summed E-state index contributed by atoms with van der Waals surface area (Å²) in [6.45, 7) is 0.434. The summed E-state index contributed by atoms with van der Waals surface area (Å²) in [7, 11) is 1.90. The van der Waals surface area contributed by atoms with Crippen LogP contribution in [-0.2, 0) is 13.6 Å². The van der Waals surface area contributed by atoms with Crippen LogP contribution in [0.25, 0.3) is 0 Å². The van der Waals surface area contributed by atoms with E-state index in [9.17, 15) is 4.79 Å². The van der Waals surface area contributed by atoms with Gasteiger partial charge in [0.15, 0.2) is 10.3 Å². The van der Waals surface area contributed by atoms with Gasteiger partial charge in [0, 0.05) is 25.5 Å². The summed E-state index contributed by atoms with van der Waals surface area (Å²) in [6.07, 6.45) is 5.53. The van der Waals surface area contributed by atoms with E-state index < -0.39 is 0 Å². The molecule has 0 atom stereocenters. The van der Waals surface area contributed by atoms with Crippen molar-refractivity contribution in [3.05, 3.63) is 40.2 Å². The highest BCUT2D eigenvalue weighted by atomic mass is 35.5. The van der Waals surface area contributed by atoms with Crippen LogP contribution in [0.2, 0.25) is 10.3 Å². The van der Waals surface area contributed by atoms with Crippen LogP contribution in [-0.4, -0.2) is 36.6 Å². The second-order valence-corrected chi connectivity index (χ2v) is 5.74. The number of rotatable bonds is 4. The monoisotopic (exact) mass is 325 g/mol. The molecule has 0 saturated heterocycles. The minimum atomic E-state index is -0.192. The van der Waals surface area contributed by atoms with Crippen molar-refractivity contribution in [2.24, 2.45) is 7.05 Å². The van der Waals surface area contributed by atoms with Crippen molar-refractivity contribution in [1.29, 1.82) is 0 Å². The number of carbonyl (C=O) groups excluding carboxylic acids is 1. The van der Waals surface area contributed by atoms with Crippen molar-refractivity contribution in [2.45, 2.75) is 25.4 Å². The summed E-state index contributed by atoms with van der Waals surface area (Å²) in [4.78, 5) is 18.7. The summed E-state index contributed by atoms with van der Waals surface area (Å²) >= 11 is 11.8. The van der Waals surface area contributed by atoms with Crippen LogP contribution in [0.3, 0.4) is 0 Å². The predicted molar refractivity (Wildman–Crippen MR) is 78.2 cm³/mol. The lowest BCUT2D eigenvalue weighted by molar-refractivity contribution is 0.0723. The molecule has 1 fully saturated rings. The Bertz CT molecular complexity index is 683. The largest absolute Gasteiger partial charge is 0.337 e. The number of nitrogens with zero attached hydrogens (tertiary/aromatic N) is 5. The molecule has 1 aliphatic rings. The highest BCUT2D eigenvalue weighted by Gasteiger charge is 2.34. The number of hydrogen-bond acceptors (Lipinski definition) is 4. The van der Waals surface area contributed by atoms with Gasteiger partial charge in [0.25, 0.3) is 5.91 Å². The lowest BCUT2D eigenvalue weighted by Gasteiger charge is -2.22. The number of aryl methyl sites for hydroxylation is 1. The first-order chi connectivity index (χ1) is 10.1. The minimum absolute atomic E-state index is 0.0647. The topological polar surface area (TPSA) is 63.9 Å². The van der Waals surface area contributed by atoms with Crippen LogP contribution < -0.4 is 0 Å². The van der Waals surface area contributed by atoms with Gasteiger partial charge in [-0.2, -0.15) is 0 Å². The SMILES string of the molecule is Cn1ccnc1CN(C(=O)c1cc(Cl)nnc1Cl)C1CC1. The van der Waals surface area contributed by atoms with Crippen LogP contribution in [0, 0.1) is 0 Å².